The van der Waals surface area contributed by atoms with Gasteiger partial charge in [0.25, 0.3) is 5.91 Å². The summed E-state index contributed by atoms with van der Waals surface area (Å²) in [6, 6.07) is 9.47. The fourth-order valence-electron chi connectivity index (χ4n) is 4.37. The van der Waals surface area contributed by atoms with Crippen LogP contribution < -0.4 is 20.9 Å². The lowest BCUT2D eigenvalue weighted by atomic mass is 9.84. The Balaban J connectivity index is 1.74. The maximum Gasteiger partial charge on any atom is 0.251 e. The van der Waals surface area contributed by atoms with Crippen LogP contribution in [0.25, 0.3) is 0 Å². The van der Waals surface area contributed by atoms with Crippen molar-refractivity contribution < 1.29 is 19.3 Å². The number of benzene rings is 1. The van der Waals surface area contributed by atoms with Crippen LogP contribution in [0.1, 0.15) is 29.6 Å². The molecule has 5 atom stereocenters. The van der Waals surface area contributed by atoms with E-state index in [4.69, 9.17) is 0 Å². The number of nitrogens with one attached hydrogen (secondary N) is 4. The average molecular weight is 359 g/mol. The first-order valence-electron chi connectivity index (χ1n) is 9.18. The van der Waals surface area contributed by atoms with Crippen LogP contribution in [-0.2, 0) is 9.59 Å². The van der Waals surface area contributed by atoms with E-state index < -0.39 is 0 Å². The fraction of sp³-hybridized carbons (Fsp3) is 0.526. The molecule has 1 aromatic rings. The van der Waals surface area contributed by atoms with Crippen LogP contribution in [0.3, 0.4) is 0 Å². The normalized spacial score (nSPS) is 29.7. The quantitative estimate of drug-likeness (QED) is 0.527. The Kier molecular flexibility index (Phi) is 5.56. The van der Waals surface area contributed by atoms with Crippen molar-refractivity contribution in [1.29, 1.82) is 0 Å². The highest BCUT2D eigenvalue weighted by molar-refractivity contribution is 5.95. The molecule has 0 radical (unpaired) electrons. The molecular formula is C19H27N4O3+. The zero-order chi connectivity index (χ0) is 18.7. The molecule has 2 bridgehead atoms. The summed E-state index contributed by atoms with van der Waals surface area (Å²) in [5.41, 5.74) is 0.593. The van der Waals surface area contributed by atoms with Gasteiger partial charge < -0.3 is 20.9 Å². The van der Waals surface area contributed by atoms with Crippen LogP contribution in [0.5, 0.6) is 0 Å². The predicted octanol–water partition coefficient (Wildman–Crippen LogP) is -1.29. The highest BCUT2D eigenvalue weighted by Gasteiger charge is 2.52. The van der Waals surface area contributed by atoms with Gasteiger partial charge in [0.2, 0.25) is 11.8 Å². The zero-order valence-electron chi connectivity index (χ0n) is 15.2. The maximum absolute atomic E-state index is 12.8. The first-order valence-corrected chi connectivity index (χ1v) is 9.18. The molecule has 2 heterocycles. The number of carbonyl (C=O) groups excluding carboxylic acids is 3. The molecule has 2 aliphatic heterocycles. The topological polar surface area (TPSA) is 91.7 Å². The van der Waals surface area contributed by atoms with Crippen molar-refractivity contribution in [3.05, 3.63) is 35.9 Å². The number of carbonyl (C=O) groups is 3. The van der Waals surface area contributed by atoms with E-state index in [2.05, 4.69) is 23.0 Å². The molecule has 7 heteroatoms. The van der Waals surface area contributed by atoms with Gasteiger partial charge in [-0.05, 0) is 12.1 Å². The molecular weight excluding hydrogens is 332 g/mol. The maximum atomic E-state index is 12.8. The number of hydrogen-bond acceptors (Lipinski definition) is 3. The van der Waals surface area contributed by atoms with E-state index in [0.717, 1.165) is 19.3 Å². The van der Waals surface area contributed by atoms with Gasteiger partial charge in [0.15, 0.2) is 0 Å². The Morgan fingerprint density at radius 2 is 1.88 bits per heavy atom. The SMILES string of the molecule is CNC(=O)CNC(=O)[C@@H]1C2CCC(C[C@@H]1NC(=O)c1ccccc1)[NH+]2C. The number of likely N-dealkylation sites (N-methyl/N-ethyl adjacent to an activating group) is 1. The van der Waals surface area contributed by atoms with Crippen molar-refractivity contribution in [3.8, 4) is 0 Å². The molecule has 7 nitrogen and oxygen atoms in total. The summed E-state index contributed by atoms with van der Waals surface area (Å²) >= 11 is 0. The Bertz CT molecular complexity index is 679. The molecule has 3 amide bonds. The van der Waals surface area contributed by atoms with Gasteiger partial charge in [-0.1, -0.05) is 18.2 Å². The van der Waals surface area contributed by atoms with Crippen molar-refractivity contribution in [3.63, 3.8) is 0 Å². The Morgan fingerprint density at radius 3 is 2.58 bits per heavy atom. The second-order valence-corrected chi connectivity index (χ2v) is 7.22. The van der Waals surface area contributed by atoms with Crippen molar-refractivity contribution in [1.82, 2.24) is 16.0 Å². The standard InChI is InChI=1S/C19H26N4O3/c1-20-16(24)11-21-19(26)17-14(10-13-8-9-15(17)23(13)2)22-18(25)12-6-4-3-5-7-12/h3-7,13-15,17H,8-11H2,1-2H3,(H,20,24)(H,21,26)(H,22,25)/p+1/t13?,14-,15?,17-/m0/s1. The van der Waals surface area contributed by atoms with Crippen LogP contribution in [0.15, 0.2) is 30.3 Å². The van der Waals surface area contributed by atoms with E-state index in [1.165, 1.54) is 11.9 Å². The van der Waals surface area contributed by atoms with Crippen LogP contribution >= 0.6 is 0 Å². The summed E-state index contributed by atoms with van der Waals surface area (Å²) in [4.78, 5) is 38.2. The third kappa shape index (κ3) is 3.72. The Hall–Kier alpha value is -2.41. The van der Waals surface area contributed by atoms with E-state index >= 15 is 0 Å². The number of quaternary nitrogens is 1. The minimum absolute atomic E-state index is 0.0413. The molecule has 3 rings (SSSR count). The number of piperidine rings is 1. The van der Waals surface area contributed by atoms with Gasteiger partial charge in [-0.2, -0.15) is 0 Å². The van der Waals surface area contributed by atoms with E-state index in [-0.39, 0.29) is 42.3 Å². The molecule has 2 saturated heterocycles. The van der Waals surface area contributed by atoms with Crippen molar-refractivity contribution in [2.45, 2.75) is 37.4 Å². The second-order valence-electron chi connectivity index (χ2n) is 7.22. The van der Waals surface area contributed by atoms with Gasteiger partial charge in [-0.15, -0.1) is 0 Å². The number of fused-ring (bicyclic) bond motifs is 2. The molecule has 2 fully saturated rings. The van der Waals surface area contributed by atoms with Gasteiger partial charge in [0, 0.05) is 31.9 Å². The van der Waals surface area contributed by atoms with Gasteiger partial charge in [0.1, 0.15) is 12.0 Å². The zero-order valence-corrected chi connectivity index (χ0v) is 15.2. The Labute approximate surface area is 153 Å². The third-order valence-corrected chi connectivity index (χ3v) is 5.82. The van der Waals surface area contributed by atoms with Crippen LogP contribution in [-0.4, -0.2) is 56.5 Å². The van der Waals surface area contributed by atoms with Crippen molar-refractivity contribution >= 4 is 17.7 Å². The van der Waals surface area contributed by atoms with E-state index in [1.54, 1.807) is 12.1 Å². The van der Waals surface area contributed by atoms with Crippen LogP contribution in [0.4, 0.5) is 0 Å². The summed E-state index contributed by atoms with van der Waals surface area (Å²) in [7, 11) is 3.66. The average Bonchev–Trinajstić information content (AvgIpc) is 2.89. The first-order chi connectivity index (χ1) is 12.5. The van der Waals surface area contributed by atoms with Crippen LogP contribution in [0.2, 0.25) is 0 Å². The Morgan fingerprint density at radius 1 is 1.15 bits per heavy atom. The first kappa shape index (κ1) is 18.4. The summed E-state index contributed by atoms with van der Waals surface area (Å²) in [5.74, 6) is -0.870. The summed E-state index contributed by atoms with van der Waals surface area (Å²) in [6.45, 7) is -0.0413. The van der Waals surface area contributed by atoms with Crippen LogP contribution in [0, 0.1) is 5.92 Å². The molecule has 0 saturated carbocycles. The molecule has 1 aromatic carbocycles. The minimum atomic E-state index is -0.328. The van der Waals surface area contributed by atoms with Gasteiger partial charge >= 0.3 is 0 Å². The monoisotopic (exact) mass is 359 g/mol. The second kappa shape index (κ2) is 7.86. The van der Waals surface area contributed by atoms with Gasteiger partial charge in [-0.25, -0.2) is 0 Å². The number of hydrogen-bond donors (Lipinski definition) is 4. The summed E-state index contributed by atoms with van der Waals surface area (Å²) < 4.78 is 0. The molecule has 0 aliphatic carbocycles. The highest BCUT2D eigenvalue weighted by Crippen LogP contribution is 2.28. The molecule has 2 aliphatic rings. The molecule has 0 aromatic heterocycles. The molecule has 0 spiro atoms. The molecule has 4 N–H and O–H groups in total. The largest absolute Gasteiger partial charge is 0.358 e. The smallest absolute Gasteiger partial charge is 0.251 e. The third-order valence-electron chi connectivity index (χ3n) is 5.82. The fourth-order valence-corrected chi connectivity index (χ4v) is 4.37. The van der Waals surface area contributed by atoms with Gasteiger partial charge in [-0.3, -0.25) is 14.4 Å². The van der Waals surface area contributed by atoms with Crippen molar-refractivity contribution in [2.75, 3.05) is 20.6 Å². The number of rotatable bonds is 5. The number of amides is 3. The van der Waals surface area contributed by atoms with E-state index in [0.29, 0.717) is 11.6 Å². The lowest BCUT2D eigenvalue weighted by Crippen LogP contribution is -3.17. The van der Waals surface area contributed by atoms with E-state index in [9.17, 15) is 14.4 Å². The molecule has 26 heavy (non-hydrogen) atoms. The molecule has 140 valence electrons. The lowest BCUT2D eigenvalue weighted by Gasteiger charge is -2.39. The van der Waals surface area contributed by atoms with Gasteiger partial charge in [0.05, 0.1) is 25.7 Å². The van der Waals surface area contributed by atoms with Crippen molar-refractivity contribution in [2.24, 2.45) is 5.92 Å². The summed E-state index contributed by atoms with van der Waals surface area (Å²) in [5, 5.41) is 8.31. The highest BCUT2D eigenvalue weighted by atomic mass is 16.2. The molecule has 3 unspecified atom stereocenters. The van der Waals surface area contributed by atoms with E-state index in [1.807, 2.05) is 18.2 Å². The lowest BCUT2D eigenvalue weighted by molar-refractivity contribution is -0.925. The predicted molar refractivity (Wildman–Crippen MR) is 96.6 cm³/mol. The summed E-state index contributed by atoms with van der Waals surface area (Å²) in [6.07, 6.45) is 2.80. The minimum Gasteiger partial charge on any atom is -0.358 e.